The minimum atomic E-state index is 0. The van der Waals surface area contributed by atoms with E-state index in [1.165, 1.54) is 0 Å². The van der Waals surface area contributed by atoms with Gasteiger partial charge in [0.25, 0.3) is 0 Å². The number of guanidine groups is 1. The first-order valence-electron chi connectivity index (χ1n) is 6.50. The van der Waals surface area contributed by atoms with Gasteiger partial charge in [-0.1, -0.05) is 24.1 Å². The molecule has 20 heavy (non-hydrogen) atoms. The van der Waals surface area contributed by atoms with Crippen LogP contribution in [0.5, 0.6) is 5.75 Å². The standard InChI is InChI=1S/C15H21N3O.HI/c1-3-11-17-15(16-4-2)18-12-8-13-19-14-9-6-5-7-10-14;/h1,5-7,9-10H,4,8,11-13H2,2H3,(H2,16,17,18);1H. The molecule has 0 bridgehead atoms. The van der Waals surface area contributed by atoms with E-state index in [-0.39, 0.29) is 24.0 Å². The van der Waals surface area contributed by atoms with Crippen molar-refractivity contribution in [2.45, 2.75) is 13.3 Å². The fourth-order valence-corrected chi connectivity index (χ4v) is 1.44. The monoisotopic (exact) mass is 387 g/mol. The molecule has 1 rings (SSSR count). The normalized spacial score (nSPS) is 10.1. The number of para-hydroxylation sites is 1. The van der Waals surface area contributed by atoms with Gasteiger partial charge in [0.2, 0.25) is 0 Å². The van der Waals surface area contributed by atoms with Crippen LogP contribution in [0.25, 0.3) is 0 Å². The van der Waals surface area contributed by atoms with Gasteiger partial charge in [0, 0.05) is 19.5 Å². The predicted octanol–water partition coefficient (Wildman–Crippen LogP) is 2.26. The summed E-state index contributed by atoms with van der Waals surface area (Å²) in [6.45, 7) is 4.67. The number of ether oxygens (including phenoxy) is 1. The number of hydrogen-bond donors (Lipinski definition) is 2. The van der Waals surface area contributed by atoms with E-state index in [1.807, 2.05) is 37.3 Å². The Morgan fingerprint density at radius 3 is 2.70 bits per heavy atom. The van der Waals surface area contributed by atoms with Gasteiger partial charge >= 0.3 is 0 Å². The minimum Gasteiger partial charge on any atom is -0.494 e. The molecule has 4 nitrogen and oxygen atoms in total. The maximum Gasteiger partial charge on any atom is 0.192 e. The van der Waals surface area contributed by atoms with Crippen LogP contribution in [0.2, 0.25) is 0 Å². The highest BCUT2D eigenvalue weighted by Crippen LogP contribution is 2.08. The van der Waals surface area contributed by atoms with E-state index in [2.05, 4.69) is 21.5 Å². The van der Waals surface area contributed by atoms with Gasteiger partial charge in [-0.05, 0) is 19.1 Å². The van der Waals surface area contributed by atoms with E-state index in [4.69, 9.17) is 11.2 Å². The van der Waals surface area contributed by atoms with Crippen LogP contribution in [0.1, 0.15) is 13.3 Å². The third kappa shape index (κ3) is 8.64. The topological polar surface area (TPSA) is 45.7 Å². The minimum absolute atomic E-state index is 0. The number of terminal acetylenes is 1. The van der Waals surface area contributed by atoms with Crippen molar-refractivity contribution >= 4 is 29.9 Å². The van der Waals surface area contributed by atoms with Gasteiger partial charge in [-0.2, -0.15) is 0 Å². The summed E-state index contributed by atoms with van der Waals surface area (Å²) in [5.41, 5.74) is 0. The third-order valence-electron chi connectivity index (χ3n) is 2.29. The van der Waals surface area contributed by atoms with Crippen LogP contribution in [0, 0.1) is 12.3 Å². The molecule has 1 aromatic rings. The maximum absolute atomic E-state index is 5.59. The number of hydrogen-bond acceptors (Lipinski definition) is 2. The van der Waals surface area contributed by atoms with E-state index in [0.717, 1.165) is 24.7 Å². The summed E-state index contributed by atoms with van der Waals surface area (Å²) >= 11 is 0. The largest absolute Gasteiger partial charge is 0.494 e. The average molecular weight is 387 g/mol. The van der Waals surface area contributed by atoms with Crippen LogP contribution in [-0.4, -0.2) is 32.2 Å². The number of halogens is 1. The molecule has 0 aliphatic rings. The summed E-state index contributed by atoms with van der Waals surface area (Å²) in [6.07, 6.45) is 6.06. The van der Waals surface area contributed by atoms with Gasteiger partial charge < -0.3 is 15.4 Å². The Morgan fingerprint density at radius 1 is 1.30 bits per heavy atom. The molecule has 0 fully saturated rings. The Kier molecular flexibility index (Phi) is 11.7. The second-order valence-electron chi connectivity index (χ2n) is 3.83. The van der Waals surface area contributed by atoms with Crippen LogP contribution < -0.4 is 15.4 Å². The van der Waals surface area contributed by atoms with Crippen molar-refractivity contribution in [3.05, 3.63) is 30.3 Å². The molecule has 0 amide bonds. The molecule has 0 saturated carbocycles. The van der Waals surface area contributed by atoms with Crippen molar-refractivity contribution in [2.75, 3.05) is 26.2 Å². The van der Waals surface area contributed by atoms with Gasteiger partial charge in [-0.3, -0.25) is 4.99 Å². The quantitative estimate of drug-likeness (QED) is 0.248. The molecule has 0 saturated heterocycles. The zero-order valence-corrected chi connectivity index (χ0v) is 14.1. The lowest BCUT2D eigenvalue weighted by Gasteiger charge is -2.09. The SMILES string of the molecule is C#CCNC(=NCCCOc1ccccc1)NCC.I. The molecule has 110 valence electrons. The summed E-state index contributed by atoms with van der Waals surface area (Å²) in [6, 6.07) is 9.78. The zero-order valence-electron chi connectivity index (χ0n) is 11.8. The Bertz CT molecular complexity index is 415. The van der Waals surface area contributed by atoms with Crippen molar-refractivity contribution in [3.63, 3.8) is 0 Å². The first-order valence-corrected chi connectivity index (χ1v) is 6.50. The van der Waals surface area contributed by atoms with E-state index in [0.29, 0.717) is 19.7 Å². The molecule has 0 aliphatic carbocycles. The highest BCUT2D eigenvalue weighted by Gasteiger charge is 1.95. The fourth-order valence-electron chi connectivity index (χ4n) is 1.44. The first kappa shape index (κ1) is 18.6. The van der Waals surface area contributed by atoms with Crippen molar-refractivity contribution in [1.82, 2.24) is 10.6 Å². The molecule has 5 heteroatoms. The number of benzene rings is 1. The van der Waals surface area contributed by atoms with Crippen LogP contribution in [0.4, 0.5) is 0 Å². The third-order valence-corrected chi connectivity index (χ3v) is 2.29. The Hall–Kier alpha value is -1.42. The molecule has 2 N–H and O–H groups in total. The lowest BCUT2D eigenvalue weighted by atomic mass is 10.3. The first-order chi connectivity index (χ1) is 9.36. The van der Waals surface area contributed by atoms with Crippen LogP contribution in [0.15, 0.2) is 35.3 Å². The Labute approximate surface area is 138 Å². The van der Waals surface area contributed by atoms with Crippen LogP contribution in [0.3, 0.4) is 0 Å². The fraction of sp³-hybridized carbons (Fsp3) is 0.400. The van der Waals surface area contributed by atoms with Gasteiger partial charge in [0.05, 0.1) is 13.2 Å². The number of aliphatic imine (C=N–C) groups is 1. The van der Waals surface area contributed by atoms with Gasteiger partial charge in [-0.25, -0.2) is 0 Å². The van der Waals surface area contributed by atoms with Gasteiger partial charge in [0.15, 0.2) is 5.96 Å². The molecule has 0 heterocycles. The number of nitrogens with one attached hydrogen (secondary N) is 2. The average Bonchev–Trinajstić information content (AvgIpc) is 2.45. The second kappa shape index (κ2) is 12.6. The van der Waals surface area contributed by atoms with Gasteiger partial charge in [-0.15, -0.1) is 30.4 Å². The zero-order chi connectivity index (χ0) is 13.8. The molecule has 0 radical (unpaired) electrons. The molecule has 0 spiro atoms. The summed E-state index contributed by atoms with van der Waals surface area (Å²) in [5.74, 6) is 4.17. The van der Waals surface area contributed by atoms with E-state index >= 15 is 0 Å². The van der Waals surface area contributed by atoms with E-state index in [9.17, 15) is 0 Å². The second-order valence-corrected chi connectivity index (χ2v) is 3.83. The Morgan fingerprint density at radius 2 is 2.05 bits per heavy atom. The van der Waals surface area contributed by atoms with Crippen molar-refractivity contribution < 1.29 is 4.74 Å². The maximum atomic E-state index is 5.59. The molecule has 0 aliphatic heterocycles. The highest BCUT2D eigenvalue weighted by atomic mass is 127. The van der Waals surface area contributed by atoms with Crippen LogP contribution >= 0.6 is 24.0 Å². The molecule has 0 unspecified atom stereocenters. The van der Waals surface area contributed by atoms with Crippen molar-refractivity contribution in [2.24, 2.45) is 4.99 Å². The van der Waals surface area contributed by atoms with Crippen molar-refractivity contribution in [3.8, 4) is 18.1 Å². The summed E-state index contributed by atoms with van der Waals surface area (Å²) in [7, 11) is 0. The van der Waals surface area contributed by atoms with E-state index < -0.39 is 0 Å². The smallest absolute Gasteiger partial charge is 0.192 e. The molecular weight excluding hydrogens is 365 g/mol. The molecule has 0 atom stereocenters. The van der Waals surface area contributed by atoms with Crippen molar-refractivity contribution in [1.29, 1.82) is 0 Å². The Balaban J connectivity index is 0.00000361. The van der Waals surface area contributed by atoms with Gasteiger partial charge in [0.1, 0.15) is 5.75 Å². The lowest BCUT2D eigenvalue weighted by Crippen LogP contribution is -2.37. The molecular formula is C15H22IN3O. The van der Waals surface area contributed by atoms with E-state index in [1.54, 1.807) is 0 Å². The summed E-state index contributed by atoms with van der Waals surface area (Å²) in [5, 5.41) is 6.17. The molecule has 0 aromatic heterocycles. The summed E-state index contributed by atoms with van der Waals surface area (Å²) < 4.78 is 5.59. The molecule has 1 aromatic carbocycles. The van der Waals surface area contributed by atoms with Crippen LogP contribution in [-0.2, 0) is 0 Å². The number of rotatable bonds is 7. The lowest BCUT2D eigenvalue weighted by molar-refractivity contribution is 0.313. The summed E-state index contributed by atoms with van der Waals surface area (Å²) in [4.78, 5) is 4.40. The number of nitrogens with zero attached hydrogens (tertiary/aromatic N) is 1. The highest BCUT2D eigenvalue weighted by molar-refractivity contribution is 14.0. The predicted molar refractivity (Wildman–Crippen MR) is 94.8 cm³/mol.